The molecule has 0 amide bonds. The molecule has 0 aromatic heterocycles. The maximum absolute atomic E-state index is 11.9. The fourth-order valence-electron chi connectivity index (χ4n) is 2.72. The highest BCUT2D eigenvalue weighted by Crippen LogP contribution is 2.18. The molecule has 0 fully saturated rings. The Morgan fingerprint density at radius 3 is 2.64 bits per heavy atom. The Bertz CT molecular complexity index is 522. The van der Waals surface area contributed by atoms with Crippen LogP contribution < -0.4 is 0 Å². The third-order valence-corrected chi connectivity index (χ3v) is 4.05. The van der Waals surface area contributed by atoms with Crippen molar-refractivity contribution in [1.29, 1.82) is 0 Å². The number of hydrogen-bond donors (Lipinski definition) is 0. The third kappa shape index (κ3) is 6.26. The van der Waals surface area contributed by atoms with Gasteiger partial charge < -0.3 is 0 Å². The van der Waals surface area contributed by atoms with Crippen molar-refractivity contribution in [1.82, 2.24) is 0 Å². The van der Waals surface area contributed by atoms with E-state index in [2.05, 4.69) is 66.8 Å². The quantitative estimate of drug-likeness (QED) is 0.483. The minimum atomic E-state index is 0.147. The maximum atomic E-state index is 11.9. The van der Waals surface area contributed by atoms with Gasteiger partial charge in [0.05, 0.1) is 0 Å². The van der Waals surface area contributed by atoms with Gasteiger partial charge in [0.25, 0.3) is 0 Å². The van der Waals surface area contributed by atoms with Crippen molar-refractivity contribution in [3.8, 4) is 0 Å². The molecule has 0 radical (unpaired) electrons. The Hall–Kier alpha value is -1.89. The van der Waals surface area contributed by atoms with E-state index in [1.54, 1.807) is 0 Å². The highest BCUT2D eigenvalue weighted by Gasteiger charge is 2.15. The lowest BCUT2D eigenvalue weighted by atomic mass is 9.96. The second-order valence-corrected chi connectivity index (χ2v) is 5.85. The van der Waals surface area contributed by atoms with Crippen LogP contribution in [0.2, 0.25) is 0 Å². The minimum Gasteiger partial charge on any atom is -0.299 e. The number of hydrogen-bond acceptors (Lipinski definition) is 1. The SMILES string of the molecule is O=C1CCCC=CC1CC/C=C/C=C/CCc1ccccc1. The van der Waals surface area contributed by atoms with Gasteiger partial charge in [-0.05, 0) is 44.1 Å². The van der Waals surface area contributed by atoms with E-state index in [0.29, 0.717) is 5.78 Å². The first-order valence-corrected chi connectivity index (χ1v) is 8.41. The van der Waals surface area contributed by atoms with Crippen LogP contribution in [0.1, 0.15) is 44.1 Å². The molecule has 0 saturated carbocycles. The van der Waals surface area contributed by atoms with Crippen molar-refractivity contribution in [3.63, 3.8) is 0 Å². The molecule has 0 saturated heterocycles. The van der Waals surface area contributed by atoms with Gasteiger partial charge in [-0.15, -0.1) is 0 Å². The molecule has 0 aliphatic heterocycles. The number of aryl methyl sites for hydroxylation is 1. The lowest BCUT2D eigenvalue weighted by Gasteiger charge is -2.07. The molecule has 1 unspecified atom stereocenters. The van der Waals surface area contributed by atoms with Gasteiger partial charge in [0, 0.05) is 12.3 Å². The molecule has 1 aliphatic carbocycles. The van der Waals surface area contributed by atoms with Crippen molar-refractivity contribution < 1.29 is 4.79 Å². The first-order chi connectivity index (χ1) is 10.9. The molecule has 1 heteroatoms. The summed E-state index contributed by atoms with van der Waals surface area (Å²) in [6.45, 7) is 0. The fraction of sp³-hybridized carbons (Fsp3) is 0.381. The average molecular weight is 294 g/mol. The number of rotatable bonds is 7. The van der Waals surface area contributed by atoms with E-state index in [4.69, 9.17) is 0 Å². The summed E-state index contributed by atoms with van der Waals surface area (Å²) in [7, 11) is 0. The molecule has 1 nitrogen and oxygen atoms in total. The van der Waals surface area contributed by atoms with E-state index < -0.39 is 0 Å². The molecule has 116 valence electrons. The summed E-state index contributed by atoms with van der Waals surface area (Å²) in [6, 6.07) is 10.6. The Kier molecular flexibility index (Phi) is 7.45. The molecular weight excluding hydrogens is 268 g/mol. The van der Waals surface area contributed by atoms with Crippen LogP contribution >= 0.6 is 0 Å². The zero-order valence-electron chi connectivity index (χ0n) is 13.3. The molecule has 1 aromatic carbocycles. The van der Waals surface area contributed by atoms with Crippen LogP contribution in [-0.2, 0) is 11.2 Å². The van der Waals surface area contributed by atoms with Crippen LogP contribution in [0.25, 0.3) is 0 Å². The van der Waals surface area contributed by atoms with Gasteiger partial charge >= 0.3 is 0 Å². The number of ketones is 1. The molecule has 0 bridgehead atoms. The Morgan fingerprint density at radius 1 is 1.05 bits per heavy atom. The number of carbonyl (C=O) groups is 1. The summed E-state index contributed by atoms with van der Waals surface area (Å²) < 4.78 is 0. The van der Waals surface area contributed by atoms with Gasteiger partial charge in [-0.1, -0.05) is 66.8 Å². The van der Waals surface area contributed by atoms with Crippen molar-refractivity contribution >= 4 is 5.78 Å². The van der Waals surface area contributed by atoms with Crippen molar-refractivity contribution in [2.75, 3.05) is 0 Å². The van der Waals surface area contributed by atoms with Crippen molar-refractivity contribution in [3.05, 3.63) is 72.4 Å². The largest absolute Gasteiger partial charge is 0.299 e. The fourth-order valence-corrected chi connectivity index (χ4v) is 2.72. The van der Waals surface area contributed by atoms with Crippen LogP contribution in [0, 0.1) is 5.92 Å². The second-order valence-electron chi connectivity index (χ2n) is 5.85. The minimum absolute atomic E-state index is 0.147. The maximum Gasteiger partial charge on any atom is 0.139 e. The van der Waals surface area contributed by atoms with Gasteiger partial charge in [0.2, 0.25) is 0 Å². The van der Waals surface area contributed by atoms with Crippen molar-refractivity contribution in [2.24, 2.45) is 5.92 Å². The molecule has 0 N–H and O–H groups in total. The van der Waals surface area contributed by atoms with E-state index in [-0.39, 0.29) is 5.92 Å². The third-order valence-electron chi connectivity index (χ3n) is 4.05. The molecular formula is C21H26O. The summed E-state index contributed by atoms with van der Waals surface area (Å²) in [6.07, 6.45) is 19.8. The van der Waals surface area contributed by atoms with Crippen LogP contribution in [0.5, 0.6) is 0 Å². The lowest BCUT2D eigenvalue weighted by molar-refractivity contribution is -0.121. The number of carbonyl (C=O) groups excluding carboxylic acids is 1. The summed E-state index contributed by atoms with van der Waals surface area (Å²) in [5.74, 6) is 0.565. The Morgan fingerprint density at radius 2 is 1.82 bits per heavy atom. The highest BCUT2D eigenvalue weighted by molar-refractivity contribution is 5.82. The lowest BCUT2D eigenvalue weighted by Crippen LogP contribution is -2.10. The van der Waals surface area contributed by atoms with Gasteiger partial charge in [-0.3, -0.25) is 4.79 Å². The summed E-state index contributed by atoms with van der Waals surface area (Å²) in [5, 5.41) is 0. The predicted molar refractivity (Wildman–Crippen MR) is 93.8 cm³/mol. The van der Waals surface area contributed by atoms with E-state index in [9.17, 15) is 4.79 Å². The molecule has 0 spiro atoms. The molecule has 1 aromatic rings. The first kappa shape index (κ1) is 16.5. The average Bonchev–Trinajstić information content (AvgIpc) is 2.75. The van der Waals surface area contributed by atoms with E-state index in [1.165, 1.54) is 5.56 Å². The zero-order valence-corrected chi connectivity index (χ0v) is 13.3. The normalized spacial score (nSPS) is 19.1. The number of Topliss-reactive ketones (excluding diaryl/α,β-unsaturated/α-hetero) is 1. The van der Waals surface area contributed by atoms with Crippen molar-refractivity contribution in [2.45, 2.75) is 44.9 Å². The van der Waals surface area contributed by atoms with E-state index >= 15 is 0 Å². The Labute approximate surface area is 134 Å². The zero-order chi connectivity index (χ0) is 15.5. The molecule has 2 rings (SSSR count). The van der Waals surface area contributed by atoms with Crippen LogP contribution in [0.3, 0.4) is 0 Å². The van der Waals surface area contributed by atoms with Gasteiger partial charge in [0.15, 0.2) is 0 Å². The second kappa shape index (κ2) is 9.94. The van der Waals surface area contributed by atoms with Gasteiger partial charge in [0.1, 0.15) is 5.78 Å². The molecule has 1 atom stereocenters. The first-order valence-electron chi connectivity index (χ1n) is 8.41. The van der Waals surface area contributed by atoms with Gasteiger partial charge in [-0.2, -0.15) is 0 Å². The predicted octanol–water partition coefficient (Wildman–Crippen LogP) is 5.44. The molecule has 0 heterocycles. The summed E-state index contributed by atoms with van der Waals surface area (Å²) in [4.78, 5) is 11.9. The highest BCUT2D eigenvalue weighted by atomic mass is 16.1. The smallest absolute Gasteiger partial charge is 0.139 e. The van der Waals surface area contributed by atoms with Gasteiger partial charge in [-0.25, -0.2) is 0 Å². The van der Waals surface area contributed by atoms with Crippen LogP contribution in [0.4, 0.5) is 0 Å². The molecule has 22 heavy (non-hydrogen) atoms. The van der Waals surface area contributed by atoms with E-state index in [0.717, 1.165) is 44.9 Å². The summed E-state index contributed by atoms with van der Waals surface area (Å²) in [5.41, 5.74) is 1.38. The Balaban J connectivity index is 1.61. The van der Waals surface area contributed by atoms with Crippen LogP contribution in [-0.4, -0.2) is 5.78 Å². The van der Waals surface area contributed by atoms with Crippen LogP contribution in [0.15, 0.2) is 66.8 Å². The van der Waals surface area contributed by atoms with E-state index in [1.807, 2.05) is 0 Å². The number of benzene rings is 1. The monoisotopic (exact) mass is 294 g/mol. The number of allylic oxidation sites excluding steroid dienone is 6. The summed E-state index contributed by atoms with van der Waals surface area (Å²) >= 11 is 0. The standard InChI is InChI=1S/C21H26O/c22-21-18-12-6-11-17-20(21)16-10-4-2-1-3-7-13-19-14-8-5-9-15-19/h1-5,8-9,11,14-15,17,20H,6-7,10,12-13,16,18H2/b3-1+,4-2+. The molecule has 1 aliphatic rings. The topological polar surface area (TPSA) is 17.1 Å².